The number of fused-ring (bicyclic) bond motifs is 1. The molecule has 1 N–H and O–H groups in total. The molecular formula is C24H28O2. The van der Waals surface area contributed by atoms with Crippen LogP contribution >= 0.6 is 0 Å². The number of rotatable bonds is 1. The molecule has 0 unspecified atom stereocenters. The first-order valence-electron chi connectivity index (χ1n) is 9.19. The molecular weight excluding hydrogens is 320 g/mol. The molecule has 0 fully saturated rings. The summed E-state index contributed by atoms with van der Waals surface area (Å²) in [5, 5.41) is 10.9. The maximum absolute atomic E-state index is 12.7. The largest absolute Gasteiger partial charge is 0.507 e. The lowest BCUT2D eigenvalue weighted by atomic mass is 9.78. The number of benzene rings is 2. The van der Waals surface area contributed by atoms with E-state index in [1.165, 1.54) is 0 Å². The van der Waals surface area contributed by atoms with Crippen LogP contribution in [0, 0.1) is 0 Å². The Bertz CT molecular complexity index is 868. The summed E-state index contributed by atoms with van der Waals surface area (Å²) in [6.07, 6.45) is 2.66. The molecule has 2 heteroatoms. The molecule has 2 aromatic rings. The molecule has 0 saturated carbocycles. The number of phenols is 1. The number of hydrogen-bond acceptors (Lipinski definition) is 2. The third-order valence-corrected chi connectivity index (χ3v) is 5.02. The van der Waals surface area contributed by atoms with Gasteiger partial charge >= 0.3 is 0 Å². The number of carbonyl (C=O) groups is 1. The number of allylic oxidation sites excluding steroid dienone is 1. The summed E-state index contributed by atoms with van der Waals surface area (Å²) in [6, 6.07) is 11.9. The quantitative estimate of drug-likeness (QED) is 0.660. The number of carbonyl (C=O) groups excluding carboxylic acids is 1. The van der Waals surface area contributed by atoms with Crippen LogP contribution in [0.3, 0.4) is 0 Å². The Labute approximate surface area is 156 Å². The lowest BCUT2D eigenvalue weighted by molar-refractivity contribution is 0.104. The van der Waals surface area contributed by atoms with Crippen molar-refractivity contribution >= 4 is 11.9 Å². The normalized spacial score (nSPS) is 16.2. The standard InChI is InChI=1S/C24H28O2/c1-23(2,3)19-12-15(13-20(22(19)26)24(4,5)6)11-17-14-16-9-7-8-10-18(16)21(17)25/h7-13,26H,14H2,1-6H3/b17-11+. The first-order chi connectivity index (χ1) is 12.0. The van der Waals surface area contributed by atoms with E-state index < -0.39 is 0 Å². The Hall–Kier alpha value is -2.35. The van der Waals surface area contributed by atoms with E-state index in [1.54, 1.807) is 0 Å². The van der Waals surface area contributed by atoms with Crippen molar-refractivity contribution in [3.8, 4) is 5.75 Å². The molecule has 0 aromatic heterocycles. The Balaban J connectivity index is 2.14. The molecule has 136 valence electrons. The van der Waals surface area contributed by atoms with Crippen LogP contribution in [0.25, 0.3) is 6.08 Å². The van der Waals surface area contributed by atoms with E-state index >= 15 is 0 Å². The zero-order chi connectivity index (χ0) is 19.3. The van der Waals surface area contributed by atoms with E-state index in [9.17, 15) is 9.90 Å². The monoisotopic (exact) mass is 348 g/mol. The number of phenolic OH excluding ortho intramolecular Hbond substituents is 1. The van der Waals surface area contributed by atoms with Crippen molar-refractivity contribution in [1.29, 1.82) is 0 Å². The molecule has 0 atom stereocenters. The molecule has 0 heterocycles. The van der Waals surface area contributed by atoms with Gasteiger partial charge in [0.05, 0.1) is 0 Å². The maximum atomic E-state index is 12.7. The van der Waals surface area contributed by atoms with Gasteiger partial charge in [-0.05, 0) is 40.2 Å². The molecule has 1 aliphatic carbocycles. The van der Waals surface area contributed by atoms with Gasteiger partial charge in [0.25, 0.3) is 0 Å². The highest BCUT2D eigenvalue weighted by molar-refractivity contribution is 6.15. The third-order valence-electron chi connectivity index (χ3n) is 5.02. The van der Waals surface area contributed by atoms with Crippen molar-refractivity contribution in [2.24, 2.45) is 0 Å². The number of hydrogen-bond donors (Lipinski definition) is 1. The minimum absolute atomic E-state index is 0.114. The van der Waals surface area contributed by atoms with Crippen LogP contribution < -0.4 is 0 Å². The highest BCUT2D eigenvalue weighted by Gasteiger charge is 2.28. The van der Waals surface area contributed by atoms with E-state index in [2.05, 4.69) is 41.5 Å². The fourth-order valence-corrected chi connectivity index (χ4v) is 3.56. The molecule has 2 aromatic carbocycles. The van der Waals surface area contributed by atoms with Crippen LogP contribution in [-0.2, 0) is 17.3 Å². The summed E-state index contributed by atoms with van der Waals surface area (Å²) >= 11 is 0. The zero-order valence-electron chi connectivity index (χ0n) is 16.6. The third kappa shape index (κ3) is 3.33. The second kappa shape index (κ2) is 6.12. The summed E-state index contributed by atoms with van der Waals surface area (Å²) in [6.45, 7) is 12.6. The summed E-state index contributed by atoms with van der Waals surface area (Å²) in [5.74, 6) is 0.483. The van der Waals surface area contributed by atoms with Gasteiger partial charge in [0.2, 0.25) is 0 Å². The summed E-state index contributed by atoms with van der Waals surface area (Å²) < 4.78 is 0. The van der Waals surface area contributed by atoms with Crippen LogP contribution in [0.5, 0.6) is 5.75 Å². The fraction of sp³-hybridized carbons (Fsp3) is 0.375. The first kappa shape index (κ1) is 18.4. The van der Waals surface area contributed by atoms with Crippen LogP contribution in [0.2, 0.25) is 0 Å². The van der Waals surface area contributed by atoms with Crippen LogP contribution in [0.1, 0.15) is 74.2 Å². The lowest BCUT2D eigenvalue weighted by Crippen LogP contribution is -2.17. The highest BCUT2D eigenvalue weighted by Crippen LogP contribution is 2.40. The zero-order valence-corrected chi connectivity index (χ0v) is 16.6. The van der Waals surface area contributed by atoms with Crippen LogP contribution in [0.15, 0.2) is 42.0 Å². The molecule has 0 bridgehead atoms. The predicted molar refractivity (Wildman–Crippen MR) is 108 cm³/mol. The van der Waals surface area contributed by atoms with Gasteiger partial charge in [0, 0.05) is 28.7 Å². The molecule has 0 radical (unpaired) electrons. The molecule has 26 heavy (non-hydrogen) atoms. The van der Waals surface area contributed by atoms with Gasteiger partial charge in [-0.3, -0.25) is 4.79 Å². The van der Waals surface area contributed by atoms with Crippen LogP contribution in [-0.4, -0.2) is 10.9 Å². The minimum atomic E-state index is -0.179. The predicted octanol–water partition coefficient (Wildman–Crippen LogP) is 5.81. The van der Waals surface area contributed by atoms with Gasteiger partial charge in [-0.15, -0.1) is 0 Å². The van der Waals surface area contributed by atoms with Gasteiger partial charge in [-0.25, -0.2) is 0 Å². The SMILES string of the molecule is CC(C)(C)c1cc(/C=C2\Cc3ccccc3C2=O)cc(C(C)(C)C)c1O. The lowest BCUT2D eigenvalue weighted by Gasteiger charge is -2.28. The van der Waals surface area contributed by atoms with Gasteiger partial charge < -0.3 is 5.11 Å². The smallest absolute Gasteiger partial charge is 0.189 e. The van der Waals surface area contributed by atoms with Crippen molar-refractivity contribution in [1.82, 2.24) is 0 Å². The summed E-state index contributed by atoms with van der Waals surface area (Å²) in [4.78, 5) is 12.7. The molecule has 0 aliphatic heterocycles. The second-order valence-corrected chi connectivity index (χ2v) is 9.30. The second-order valence-electron chi connectivity index (χ2n) is 9.30. The van der Waals surface area contributed by atoms with E-state index in [0.29, 0.717) is 12.2 Å². The van der Waals surface area contributed by atoms with Gasteiger partial charge in [0.15, 0.2) is 5.78 Å². The Morgan fingerprint density at radius 1 is 0.923 bits per heavy atom. The van der Waals surface area contributed by atoms with Gasteiger partial charge in [-0.2, -0.15) is 0 Å². The fourth-order valence-electron chi connectivity index (χ4n) is 3.56. The average Bonchev–Trinajstić information content (AvgIpc) is 2.83. The Morgan fingerprint density at radius 2 is 1.46 bits per heavy atom. The molecule has 0 spiro atoms. The molecule has 1 aliphatic rings. The number of Topliss-reactive ketones (excluding diaryl/α,β-unsaturated/α-hetero) is 1. The molecule has 2 nitrogen and oxygen atoms in total. The van der Waals surface area contributed by atoms with Crippen molar-refractivity contribution in [2.45, 2.75) is 58.8 Å². The van der Waals surface area contributed by atoms with Crippen molar-refractivity contribution in [2.75, 3.05) is 0 Å². The van der Waals surface area contributed by atoms with Gasteiger partial charge in [0.1, 0.15) is 5.75 Å². The number of aromatic hydroxyl groups is 1. The van der Waals surface area contributed by atoms with Crippen LogP contribution in [0.4, 0.5) is 0 Å². The average molecular weight is 348 g/mol. The van der Waals surface area contributed by atoms with Crippen molar-refractivity contribution in [3.05, 3.63) is 69.8 Å². The van der Waals surface area contributed by atoms with E-state index in [1.807, 2.05) is 42.5 Å². The number of ketones is 1. The molecule has 0 amide bonds. The Morgan fingerprint density at radius 3 is 1.96 bits per heavy atom. The maximum Gasteiger partial charge on any atom is 0.189 e. The van der Waals surface area contributed by atoms with Crippen molar-refractivity contribution < 1.29 is 9.90 Å². The molecule has 3 rings (SSSR count). The summed E-state index contributed by atoms with van der Waals surface area (Å²) in [7, 11) is 0. The van der Waals surface area contributed by atoms with Gasteiger partial charge in [-0.1, -0.05) is 65.8 Å². The topological polar surface area (TPSA) is 37.3 Å². The van der Waals surface area contributed by atoms with Crippen molar-refractivity contribution in [3.63, 3.8) is 0 Å². The molecule has 0 saturated heterocycles. The van der Waals surface area contributed by atoms with E-state index in [0.717, 1.165) is 33.4 Å². The highest BCUT2D eigenvalue weighted by atomic mass is 16.3. The Kier molecular flexibility index (Phi) is 4.34. The van der Waals surface area contributed by atoms with E-state index in [-0.39, 0.29) is 16.6 Å². The first-order valence-corrected chi connectivity index (χ1v) is 9.19. The minimum Gasteiger partial charge on any atom is -0.507 e. The summed E-state index contributed by atoms with van der Waals surface area (Å²) in [5.41, 5.74) is 5.17. The van der Waals surface area contributed by atoms with E-state index in [4.69, 9.17) is 0 Å².